The molecule has 0 radical (unpaired) electrons. The second-order valence-electron chi connectivity index (χ2n) is 13.4. The molecule has 0 unspecified atom stereocenters. The Morgan fingerprint density at radius 2 is 1.38 bits per heavy atom. The van der Waals surface area contributed by atoms with Crippen LogP contribution < -0.4 is 9.64 Å². The summed E-state index contributed by atoms with van der Waals surface area (Å²) < 4.78 is 6.58. The van der Waals surface area contributed by atoms with E-state index in [2.05, 4.69) is 148 Å². The topological polar surface area (TPSA) is 37.7 Å². The van der Waals surface area contributed by atoms with Crippen molar-refractivity contribution in [2.24, 2.45) is 4.99 Å². The summed E-state index contributed by atoms with van der Waals surface area (Å²) in [6.07, 6.45) is 1.86. The van der Waals surface area contributed by atoms with Crippen LogP contribution in [0.1, 0.15) is 58.7 Å². The van der Waals surface area contributed by atoms with Crippen molar-refractivity contribution >= 4 is 34.0 Å². The second kappa shape index (κ2) is 14.1. The van der Waals surface area contributed by atoms with Gasteiger partial charge in [0, 0.05) is 51.1 Å². The van der Waals surface area contributed by atoms with E-state index in [1.807, 2.05) is 24.4 Å². The Morgan fingerprint density at radius 1 is 0.760 bits per heavy atom. The third kappa shape index (κ3) is 6.45. The summed E-state index contributed by atoms with van der Waals surface area (Å²) >= 11 is 1.80. The van der Waals surface area contributed by atoms with Gasteiger partial charge in [-0.3, -0.25) is 0 Å². The fraction of sp³-hybridized carbons (Fsp3) is 0.182. The van der Waals surface area contributed by atoms with Crippen LogP contribution in [0.25, 0.3) is 0 Å². The van der Waals surface area contributed by atoms with Crippen LogP contribution in [0, 0.1) is 26.0 Å². The van der Waals surface area contributed by atoms with Gasteiger partial charge < -0.3 is 14.6 Å². The van der Waals surface area contributed by atoms with E-state index in [1.165, 1.54) is 22.3 Å². The number of aryl methyl sites for hydroxylation is 2. The summed E-state index contributed by atoms with van der Waals surface area (Å²) in [5.41, 5.74) is 9.92. The third-order valence-electron chi connectivity index (χ3n) is 9.52. The number of fused-ring (bicyclic) bond motifs is 2. The zero-order valence-electron chi connectivity index (χ0n) is 28.5. The summed E-state index contributed by atoms with van der Waals surface area (Å²) in [7, 11) is 0. The van der Waals surface area contributed by atoms with E-state index in [0.29, 0.717) is 11.5 Å². The van der Waals surface area contributed by atoms with Gasteiger partial charge in [-0.1, -0.05) is 130 Å². The number of aromatic nitrogens is 1. The molecule has 0 fully saturated rings. The molecule has 50 heavy (non-hydrogen) atoms. The maximum atomic E-state index is 6.58. The van der Waals surface area contributed by atoms with Crippen molar-refractivity contribution in [2.75, 3.05) is 10.7 Å². The number of pyridine rings is 1. The van der Waals surface area contributed by atoms with E-state index in [-0.39, 0.29) is 38.4 Å². The van der Waals surface area contributed by atoms with Gasteiger partial charge in [0.15, 0.2) is 0 Å². The summed E-state index contributed by atoms with van der Waals surface area (Å²) in [6.45, 7) is 8.72. The van der Waals surface area contributed by atoms with Gasteiger partial charge in [-0.2, -0.15) is 17.3 Å². The zero-order chi connectivity index (χ0) is 33.5. The van der Waals surface area contributed by atoms with E-state index < -0.39 is 0 Å². The fourth-order valence-electron chi connectivity index (χ4n) is 7.24. The Bertz CT molecular complexity index is 2090. The monoisotopic (exact) mass is 850 g/mol. The van der Waals surface area contributed by atoms with E-state index in [9.17, 15) is 0 Å². The molecule has 8 rings (SSSR count). The standard InChI is InChI=1S/C44H37N3OS.Pt/c1-29-22-33(43-46-39(28-49-43)41(31-14-7-5-8-15-31)32-16-9-6-10-17-32)26-35(24-29)48-36-25-30(2)23-34(27-36)47-40-20-12-11-18-37(40)44(3,4)38-19-13-21-45-42(38)47;/h5-25,39,41H,28H2,1-4H3;/q-2;+2/t39-;/m0./s1. The van der Waals surface area contributed by atoms with Crippen LogP contribution in [0.15, 0.2) is 133 Å². The van der Waals surface area contributed by atoms with Gasteiger partial charge in [0.1, 0.15) is 5.82 Å². The van der Waals surface area contributed by atoms with Crippen LogP contribution in [0.2, 0.25) is 0 Å². The normalized spacial score (nSPS) is 15.9. The van der Waals surface area contributed by atoms with Crippen LogP contribution in [0.3, 0.4) is 0 Å². The van der Waals surface area contributed by atoms with E-state index in [1.54, 1.807) is 11.8 Å². The summed E-state index contributed by atoms with van der Waals surface area (Å²) in [5, 5.41) is 1.000. The van der Waals surface area contributed by atoms with Crippen molar-refractivity contribution < 1.29 is 25.8 Å². The van der Waals surface area contributed by atoms with Crippen LogP contribution in [0.4, 0.5) is 17.2 Å². The van der Waals surface area contributed by atoms with E-state index >= 15 is 0 Å². The molecule has 2 aliphatic heterocycles. The number of aliphatic imine (C=N–C) groups is 1. The third-order valence-corrected chi connectivity index (χ3v) is 10.6. The first kappa shape index (κ1) is 34.0. The quantitative estimate of drug-likeness (QED) is 0.150. The number of para-hydroxylation sites is 1. The maximum Gasteiger partial charge on any atom is 2.00 e. The molecule has 1 atom stereocenters. The largest absolute Gasteiger partial charge is 2.00 e. The molecule has 4 nitrogen and oxygen atoms in total. The number of rotatable bonds is 7. The van der Waals surface area contributed by atoms with Crippen molar-refractivity contribution in [3.05, 3.63) is 179 Å². The number of hydrogen-bond acceptors (Lipinski definition) is 5. The number of anilines is 3. The molecule has 6 aromatic rings. The molecule has 3 heterocycles. The van der Waals surface area contributed by atoms with Gasteiger partial charge in [-0.15, -0.1) is 35.4 Å². The average molecular weight is 851 g/mol. The van der Waals surface area contributed by atoms with Gasteiger partial charge in [0.2, 0.25) is 0 Å². The van der Waals surface area contributed by atoms with Crippen LogP contribution in [-0.2, 0) is 26.5 Å². The van der Waals surface area contributed by atoms with Crippen molar-refractivity contribution in [3.8, 4) is 11.5 Å². The Morgan fingerprint density at radius 3 is 2.10 bits per heavy atom. The molecule has 2 aliphatic rings. The van der Waals surface area contributed by atoms with Gasteiger partial charge >= 0.3 is 21.1 Å². The Kier molecular flexibility index (Phi) is 9.56. The van der Waals surface area contributed by atoms with Gasteiger partial charge in [-0.25, -0.2) is 4.98 Å². The van der Waals surface area contributed by atoms with Gasteiger partial charge in [-0.05, 0) is 28.8 Å². The minimum absolute atomic E-state index is 0. The van der Waals surface area contributed by atoms with Crippen LogP contribution in [0.5, 0.6) is 11.5 Å². The summed E-state index contributed by atoms with van der Waals surface area (Å²) in [6, 6.07) is 49.8. The maximum absolute atomic E-state index is 6.58. The van der Waals surface area contributed by atoms with Crippen LogP contribution >= 0.6 is 11.8 Å². The summed E-state index contributed by atoms with van der Waals surface area (Å²) in [5.74, 6) is 3.28. The molecule has 0 saturated carbocycles. The SMILES string of the molecule is Cc1cc(Oc2[c-]c(N3c4ccccc4C(C)(C)c4cccnc43)cc(C)c2)[c-]c(C2=N[C@H](C(c3ccccc3)c3ccccc3)CS2)c1.[Pt+2]. The molecule has 6 heteroatoms. The zero-order valence-corrected chi connectivity index (χ0v) is 31.5. The minimum Gasteiger partial charge on any atom is -0.503 e. The van der Waals surface area contributed by atoms with E-state index in [0.717, 1.165) is 44.7 Å². The van der Waals surface area contributed by atoms with Crippen LogP contribution in [-0.4, -0.2) is 21.8 Å². The van der Waals surface area contributed by atoms with Gasteiger partial charge in [0.05, 0.1) is 6.04 Å². The number of benzene rings is 5. The number of thioether (sulfide) groups is 1. The molecule has 0 N–H and O–H groups in total. The molecule has 0 amide bonds. The molecule has 0 bridgehead atoms. The predicted octanol–water partition coefficient (Wildman–Crippen LogP) is 10.9. The molecule has 1 aromatic heterocycles. The first-order chi connectivity index (χ1) is 23.8. The summed E-state index contributed by atoms with van der Waals surface area (Å²) in [4.78, 5) is 12.4. The first-order valence-electron chi connectivity index (χ1n) is 16.8. The average Bonchev–Trinajstić information content (AvgIpc) is 3.59. The van der Waals surface area contributed by atoms with Crippen molar-refractivity contribution in [2.45, 2.75) is 45.1 Å². The molecule has 5 aromatic carbocycles. The molecule has 0 saturated heterocycles. The molecule has 250 valence electrons. The Hall–Kier alpha value is -4.44. The van der Waals surface area contributed by atoms with Crippen molar-refractivity contribution in [1.82, 2.24) is 4.98 Å². The predicted molar refractivity (Wildman–Crippen MR) is 202 cm³/mol. The molecular formula is C44H37N3OPtS. The fourth-order valence-corrected chi connectivity index (χ4v) is 8.31. The van der Waals surface area contributed by atoms with Crippen molar-refractivity contribution in [3.63, 3.8) is 0 Å². The molecule has 0 aliphatic carbocycles. The number of ether oxygens (including phenoxy) is 1. The Labute approximate surface area is 313 Å². The molecular weight excluding hydrogens is 814 g/mol. The number of hydrogen-bond donors (Lipinski definition) is 0. The van der Waals surface area contributed by atoms with Gasteiger partial charge in [0.25, 0.3) is 0 Å². The first-order valence-corrected chi connectivity index (χ1v) is 17.8. The second-order valence-corrected chi connectivity index (χ2v) is 14.4. The number of nitrogens with zero attached hydrogens (tertiary/aromatic N) is 3. The Balaban J connectivity index is 0.00000392. The van der Waals surface area contributed by atoms with Crippen molar-refractivity contribution in [1.29, 1.82) is 0 Å². The minimum atomic E-state index is -0.186. The molecule has 0 spiro atoms. The smallest absolute Gasteiger partial charge is 0.503 e. The van der Waals surface area contributed by atoms with E-state index in [4.69, 9.17) is 14.7 Å².